The fraction of sp³-hybridized carbons (Fsp3) is 0.609. The number of thioether (sulfide) groups is 1. The summed E-state index contributed by atoms with van der Waals surface area (Å²) in [6.45, 7) is 5.20. The molecule has 1 atom stereocenters. The second kappa shape index (κ2) is 9.20. The molecule has 0 radical (unpaired) electrons. The highest BCUT2D eigenvalue weighted by molar-refractivity contribution is 7.99. The minimum Gasteiger partial charge on any atom is -0.378 e. The van der Waals surface area contributed by atoms with Gasteiger partial charge in [-0.15, -0.1) is 10.2 Å². The summed E-state index contributed by atoms with van der Waals surface area (Å²) in [7, 11) is 0. The quantitative estimate of drug-likeness (QED) is 0.665. The Labute approximate surface area is 187 Å². The van der Waals surface area contributed by atoms with Crippen molar-refractivity contribution in [1.29, 1.82) is 0 Å². The van der Waals surface area contributed by atoms with Crippen LogP contribution in [0.15, 0.2) is 23.4 Å². The number of morpholine rings is 1. The molecule has 1 amide bonds. The van der Waals surface area contributed by atoms with Gasteiger partial charge in [-0.2, -0.15) is 0 Å². The van der Waals surface area contributed by atoms with Crippen LogP contribution in [-0.2, 0) is 22.4 Å². The molecule has 0 unspecified atom stereocenters. The first-order valence-corrected chi connectivity index (χ1v) is 12.5. The van der Waals surface area contributed by atoms with Crippen LogP contribution in [0, 0.1) is 0 Å². The number of anilines is 1. The minimum absolute atomic E-state index is 0.00513. The van der Waals surface area contributed by atoms with E-state index in [4.69, 9.17) is 4.74 Å². The van der Waals surface area contributed by atoms with E-state index in [-0.39, 0.29) is 11.9 Å². The van der Waals surface area contributed by atoms with Crippen molar-refractivity contribution < 1.29 is 9.53 Å². The number of nitrogens with one attached hydrogen (secondary N) is 1. The molecule has 1 saturated heterocycles. The number of aromatic nitrogens is 3. The lowest BCUT2D eigenvalue weighted by Crippen LogP contribution is -2.38. The lowest BCUT2D eigenvalue weighted by molar-refractivity contribution is -0.119. The van der Waals surface area contributed by atoms with Crippen LogP contribution in [0.1, 0.15) is 61.4 Å². The molecule has 1 N–H and O–H groups in total. The van der Waals surface area contributed by atoms with E-state index in [0.717, 1.165) is 56.7 Å². The zero-order valence-corrected chi connectivity index (χ0v) is 19.0. The normalized spacial score (nSPS) is 19.7. The molecule has 8 heteroatoms. The van der Waals surface area contributed by atoms with Crippen LogP contribution in [-0.4, -0.2) is 52.7 Å². The molecule has 1 aromatic heterocycles. The van der Waals surface area contributed by atoms with Gasteiger partial charge in [-0.25, -0.2) is 0 Å². The van der Waals surface area contributed by atoms with Crippen LogP contribution in [0.2, 0.25) is 0 Å². The van der Waals surface area contributed by atoms with Gasteiger partial charge in [-0.3, -0.25) is 9.36 Å². The number of hydrogen-bond donors (Lipinski definition) is 1. The monoisotopic (exact) mass is 441 g/mol. The lowest BCUT2D eigenvalue weighted by atomic mass is 9.89. The largest absolute Gasteiger partial charge is 0.378 e. The topological polar surface area (TPSA) is 72.3 Å². The van der Waals surface area contributed by atoms with E-state index in [9.17, 15) is 4.79 Å². The molecule has 2 aromatic rings. The van der Waals surface area contributed by atoms with Gasteiger partial charge in [0.15, 0.2) is 5.16 Å². The van der Waals surface area contributed by atoms with Gasteiger partial charge in [-0.05, 0) is 62.1 Å². The van der Waals surface area contributed by atoms with E-state index in [1.54, 1.807) is 0 Å². The fourth-order valence-electron chi connectivity index (χ4n) is 4.52. The fourth-order valence-corrected chi connectivity index (χ4v) is 5.33. The van der Waals surface area contributed by atoms with Gasteiger partial charge in [0, 0.05) is 19.1 Å². The number of rotatable bonds is 7. The van der Waals surface area contributed by atoms with Crippen molar-refractivity contribution in [3.63, 3.8) is 0 Å². The van der Waals surface area contributed by atoms with Crippen LogP contribution in [0.25, 0.3) is 0 Å². The predicted molar refractivity (Wildman–Crippen MR) is 122 cm³/mol. The Morgan fingerprint density at radius 3 is 2.74 bits per heavy atom. The van der Waals surface area contributed by atoms with Crippen LogP contribution in [0.4, 0.5) is 5.95 Å². The van der Waals surface area contributed by atoms with Crippen molar-refractivity contribution in [2.45, 2.75) is 62.7 Å². The number of hydrogen-bond acceptors (Lipinski definition) is 6. The van der Waals surface area contributed by atoms with Gasteiger partial charge in [0.25, 0.3) is 0 Å². The Hall–Kier alpha value is -2.06. The molecule has 0 bridgehead atoms. The number of benzene rings is 1. The van der Waals surface area contributed by atoms with Crippen LogP contribution in [0.3, 0.4) is 0 Å². The van der Waals surface area contributed by atoms with Crippen molar-refractivity contribution in [3.05, 3.63) is 34.9 Å². The van der Waals surface area contributed by atoms with Crippen molar-refractivity contribution in [2.75, 3.05) is 37.0 Å². The number of carbonyl (C=O) groups excluding carboxylic acids is 1. The third-order valence-electron chi connectivity index (χ3n) is 6.43. The molecule has 2 fully saturated rings. The molecular weight excluding hydrogens is 410 g/mol. The van der Waals surface area contributed by atoms with Gasteiger partial charge in [0.1, 0.15) is 0 Å². The summed E-state index contributed by atoms with van der Waals surface area (Å²) < 4.78 is 7.70. The summed E-state index contributed by atoms with van der Waals surface area (Å²) in [5.41, 5.74) is 4.11. The predicted octanol–water partition coefficient (Wildman–Crippen LogP) is 3.30. The molecule has 31 heavy (non-hydrogen) atoms. The summed E-state index contributed by atoms with van der Waals surface area (Å²) in [6.07, 6.45) is 7.20. The van der Waals surface area contributed by atoms with Crippen LogP contribution < -0.4 is 10.2 Å². The van der Waals surface area contributed by atoms with Gasteiger partial charge in [0.2, 0.25) is 11.9 Å². The molecule has 1 aromatic carbocycles. The summed E-state index contributed by atoms with van der Waals surface area (Å²) >= 11 is 1.49. The Morgan fingerprint density at radius 2 is 1.97 bits per heavy atom. The standard InChI is InChI=1S/C23H31N5O2S/c1-16(18-7-6-17-4-2-3-5-19(17)14-18)24-21(29)15-31-23-26-25-22(28(23)20-8-9-20)27-10-12-30-13-11-27/h6-7,14,16,20H,2-5,8-13,15H2,1H3,(H,24,29)/t16-/m1/s1. The highest BCUT2D eigenvalue weighted by Crippen LogP contribution is 2.41. The van der Waals surface area contributed by atoms with Crippen LogP contribution >= 0.6 is 11.8 Å². The Bertz CT molecular complexity index is 936. The maximum atomic E-state index is 12.7. The van der Waals surface area contributed by atoms with Crippen molar-refractivity contribution >= 4 is 23.6 Å². The second-order valence-corrected chi connectivity index (χ2v) is 9.74. The van der Waals surface area contributed by atoms with E-state index >= 15 is 0 Å². The molecule has 166 valence electrons. The summed E-state index contributed by atoms with van der Waals surface area (Å²) in [5, 5.41) is 12.9. The van der Waals surface area contributed by atoms with Gasteiger partial charge in [0.05, 0.1) is 25.0 Å². The summed E-state index contributed by atoms with van der Waals surface area (Å²) in [5.74, 6) is 1.31. The molecule has 2 aliphatic carbocycles. The highest BCUT2D eigenvalue weighted by atomic mass is 32.2. The van der Waals surface area contributed by atoms with Crippen molar-refractivity contribution in [2.24, 2.45) is 0 Å². The van der Waals surface area contributed by atoms with E-state index in [1.165, 1.54) is 47.7 Å². The molecule has 2 heterocycles. The molecule has 3 aliphatic rings. The maximum Gasteiger partial charge on any atom is 0.230 e. The molecule has 0 spiro atoms. The highest BCUT2D eigenvalue weighted by Gasteiger charge is 2.32. The third kappa shape index (κ3) is 4.75. The van der Waals surface area contributed by atoms with Crippen molar-refractivity contribution in [1.82, 2.24) is 20.1 Å². The average Bonchev–Trinajstić information content (AvgIpc) is 3.56. The van der Waals surface area contributed by atoms with E-state index in [1.807, 2.05) is 0 Å². The number of aryl methyl sites for hydroxylation is 2. The molecule has 7 nitrogen and oxygen atoms in total. The zero-order chi connectivity index (χ0) is 21.2. The Balaban J connectivity index is 1.20. The molecule has 5 rings (SSSR count). The smallest absolute Gasteiger partial charge is 0.230 e. The summed E-state index contributed by atoms with van der Waals surface area (Å²) in [6, 6.07) is 7.16. The van der Waals surface area contributed by atoms with E-state index in [0.29, 0.717) is 11.8 Å². The number of amides is 1. The third-order valence-corrected chi connectivity index (χ3v) is 7.38. The first-order valence-electron chi connectivity index (χ1n) is 11.5. The summed E-state index contributed by atoms with van der Waals surface area (Å²) in [4.78, 5) is 14.9. The SMILES string of the molecule is C[C@@H](NC(=O)CSc1nnc(N2CCOCC2)n1C1CC1)c1ccc2c(c1)CCCC2. The lowest BCUT2D eigenvalue weighted by Gasteiger charge is -2.27. The molecule has 1 aliphatic heterocycles. The molecular formula is C23H31N5O2S. The average molecular weight is 442 g/mol. The van der Waals surface area contributed by atoms with Gasteiger partial charge in [-0.1, -0.05) is 30.0 Å². The Morgan fingerprint density at radius 1 is 1.19 bits per heavy atom. The maximum absolute atomic E-state index is 12.7. The second-order valence-electron chi connectivity index (χ2n) is 8.80. The first kappa shape index (κ1) is 20.8. The zero-order valence-electron chi connectivity index (χ0n) is 18.2. The van der Waals surface area contributed by atoms with Crippen LogP contribution in [0.5, 0.6) is 0 Å². The van der Waals surface area contributed by atoms with E-state index < -0.39 is 0 Å². The number of carbonyl (C=O) groups is 1. The van der Waals surface area contributed by atoms with E-state index in [2.05, 4.69) is 50.1 Å². The van der Waals surface area contributed by atoms with Gasteiger partial charge >= 0.3 is 0 Å². The number of fused-ring (bicyclic) bond motifs is 1. The number of ether oxygens (including phenoxy) is 1. The minimum atomic E-state index is 0.00513. The molecule has 1 saturated carbocycles. The van der Waals surface area contributed by atoms with Gasteiger partial charge < -0.3 is 15.0 Å². The first-order chi connectivity index (χ1) is 15.2. The van der Waals surface area contributed by atoms with Crippen molar-refractivity contribution in [3.8, 4) is 0 Å². The number of nitrogens with zero attached hydrogens (tertiary/aromatic N) is 4. The Kier molecular flexibility index (Phi) is 6.18.